The number of hydrogen-bond acceptors (Lipinski definition) is 3. The van der Waals surface area contributed by atoms with Gasteiger partial charge in [0.05, 0.1) is 11.7 Å². The Kier molecular flexibility index (Phi) is 3.57. The Bertz CT molecular complexity index is 238. The number of hydrogen-bond donors (Lipinski definition) is 2. The van der Waals surface area contributed by atoms with Crippen molar-refractivity contribution in [3.63, 3.8) is 0 Å². The molecular formula is C13H25NO2. The minimum Gasteiger partial charge on any atom is -0.389 e. The first-order valence-electron chi connectivity index (χ1n) is 6.63. The van der Waals surface area contributed by atoms with Gasteiger partial charge in [-0.05, 0) is 33.1 Å². The van der Waals surface area contributed by atoms with E-state index < -0.39 is 5.60 Å². The lowest BCUT2D eigenvalue weighted by Crippen LogP contribution is -2.54. The fourth-order valence-electron chi connectivity index (χ4n) is 2.82. The van der Waals surface area contributed by atoms with Crippen molar-refractivity contribution >= 4 is 0 Å². The van der Waals surface area contributed by atoms with Gasteiger partial charge in [-0.15, -0.1) is 0 Å². The molecule has 1 saturated heterocycles. The van der Waals surface area contributed by atoms with Crippen LogP contribution in [0, 0.1) is 0 Å². The zero-order chi connectivity index (χ0) is 11.6. The van der Waals surface area contributed by atoms with Crippen LogP contribution in [0.1, 0.15) is 52.4 Å². The summed E-state index contributed by atoms with van der Waals surface area (Å²) in [7, 11) is 0. The number of aliphatic hydroxyl groups is 1. The molecule has 2 rings (SSSR count). The fraction of sp³-hybridized carbons (Fsp3) is 1.00. The molecule has 2 unspecified atom stereocenters. The molecule has 2 atom stereocenters. The van der Waals surface area contributed by atoms with Gasteiger partial charge in [0.25, 0.3) is 0 Å². The Morgan fingerprint density at radius 1 is 1.25 bits per heavy atom. The standard InChI is InChI=1S/C13H25NO2/c1-11-12(2,8-9-16-11)14-10-13(15)6-4-3-5-7-13/h11,14-15H,3-10H2,1-2H3. The second kappa shape index (κ2) is 4.63. The molecule has 1 heterocycles. The van der Waals surface area contributed by atoms with Crippen molar-refractivity contribution in [1.82, 2.24) is 5.32 Å². The maximum absolute atomic E-state index is 10.4. The lowest BCUT2D eigenvalue weighted by Gasteiger charge is -2.37. The predicted molar refractivity (Wildman–Crippen MR) is 64.5 cm³/mol. The van der Waals surface area contributed by atoms with Gasteiger partial charge in [-0.2, -0.15) is 0 Å². The van der Waals surface area contributed by atoms with Gasteiger partial charge in [-0.1, -0.05) is 19.3 Å². The quantitative estimate of drug-likeness (QED) is 0.773. The van der Waals surface area contributed by atoms with Crippen molar-refractivity contribution < 1.29 is 9.84 Å². The van der Waals surface area contributed by atoms with Crippen LogP contribution in [0.2, 0.25) is 0 Å². The van der Waals surface area contributed by atoms with Crippen molar-refractivity contribution in [2.45, 2.75) is 69.6 Å². The third-order valence-electron chi connectivity index (χ3n) is 4.49. The Hall–Kier alpha value is -0.120. The number of ether oxygens (including phenoxy) is 1. The Morgan fingerprint density at radius 3 is 2.50 bits per heavy atom. The lowest BCUT2D eigenvalue weighted by molar-refractivity contribution is -0.00639. The first kappa shape index (κ1) is 12.3. The van der Waals surface area contributed by atoms with Gasteiger partial charge < -0.3 is 15.2 Å². The van der Waals surface area contributed by atoms with E-state index in [1.807, 2.05) is 0 Å². The maximum Gasteiger partial charge on any atom is 0.0771 e. The molecule has 2 aliphatic rings. The summed E-state index contributed by atoms with van der Waals surface area (Å²) in [6.45, 7) is 5.88. The molecule has 0 aromatic heterocycles. The van der Waals surface area contributed by atoms with E-state index in [1.165, 1.54) is 19.3 Å². The molecule has 0 radical (unpaired) electrons. The molecule has 3 nitrogen and oxygen atoms in total. The van der Waals surface area contributed by atoms with Crippen LogP contribution in [0.4, 0.5) is 0 Å². The fourth-order valence-corrected chi connectivity index (χ4v) is 2.82. The molecule has 2 N–H and O–H groups in total. The van der Waals surface area contributed by atoms with Crippen LogP contribution in [-0.4, -0.2) is 35.5 Å². The monoisotopic (exact) mass is 227 g/mol. The van der Waals surface area contributed by atoms with Gasteiger partial charge in [0.2, 0.25) is 0 Å². The Balaban J connectivity index is 1.86. The average Bonchev–Trinajstić information content (AvgIpc) is 2.59. The summed E-state index contributed by atoms with van der Waals surface area (Å²) in [6.07, 6.45) is 6.81. The van der Waals surface area contributed by atoms with Gasteiger partial charge in [-0.3, -0.25) is 0 Å². The SMILES string of the molecule is CC1OCCC1(C)NCC1(O)CCCCC1. The van der Waals surface area contributed by atoms with Crippen molar-refractivity contribution in [1.29, 1.82) is 0 Å². The smallest absolute Gasteiger partial charge is 0.0771 e. The van der Waals surface area contributed by atoms with E-state index in [1.54, 1.807) is 0 Å². The molecule has 0 bridgehead atoms. The van der Waals surface area contributed by atoms with Crippen molar-refractivity contribution in [2.24, 2.45) is 0 Å². The Morgan fingerprint density at radius 2 is 1.94 bits per heavy atom. The third-order valence-corrected chi connectivity index (χ3v) is 4.49. The van der Waals surface area contributed by atoms with Crippen molar-refractivity contribution in [2.75, 3.05) is 13.2 Å². The lowest BCUT2D eigenvalue weighted by atomic mass is 9.83. The van der Waals surface area contributed by atoms with Gasteiger partial charge in [0, 0.05) is 18.7 Å². The van der Waals surface area contributed by atoms with Gasteiger partial charge >= 0.3 is 0 Å². The topological polar surface area (TPSA) is 41.5 Å². The zero-order valence-electron chi connectivity index (χ0n) is 10.6. The van der Waals surface area contributed by atoms with Crippen LogP contribution in [-0.2, 0) is 4.74 Å². The van der Waals surface area contributed by atoms with Gasteiger partial charge in [-0.25, -0.2) is 0 Å². The first-order chi connectivity index (χ1) is 7.54. The van der Waals surface area contributed by atoms with Crippen molar-refractivity contribution in [3.8, 4) is 0 Å². The minimum atomic E-state index is -0.469. The molecule has 0 aromatic carbocycles. The highest BCUT2D eigenvalue weighted by Gasteiger charge is 2.39. The van der Waals surface area contributed by atoms with Gasteiger partial charge in [0.1, 0.15) is 0 Å². The van der Waals surface area contributed by atoms with E-state index in [9.17, 15) is 5.11 Å². The molecule has 2 fully saturated rings. The van der Waals surface area contributed by atoms with E-state index >= 15 is 0 Å². The molecule has 0 amide bonds. The van der Waals surface area contributed by atoms with Crippen LogP contribution in [0.5, 0.6) is 0 Å². The van der Waals surface area contributed by atoms with E-state index in [-0.39, 0.29) is 11.6 Å². The van der Waals surface area contributed by atoms with Crippen LogP contribution < -0.4 is 5.32 Å². The highest BCUT2D eigenvalue weighted by atomic mass is 16.5. The normalized spacial score (nSPS) is 38.8. The van der Waals surface area contributed by atoms with Crippen LogP contribution >= 0.6 is 0 Å². The predicted octanol–water partition coefficient (Wildman–Crippen LogP) is 1.84. The third kappa shape index (κ3) is 2.58. The molecule has 1 aliphatic heterocycles. The molecule has 3 heteroatoms. The number of β-amino-alcohol motifs (C(OH)–C–C–N with tert-alkyl or cyclic N) is 1. The van der Waals surface area contributed by atoms with Crippen molar-refractivity contribution in [3.05, 3.63) is 0 Å². The largest absolute Gasteiger partial charge is 0.389 e. The van der Waals surface area contributed by atoms with E-state index in [0.717, 1.165) is 32.4 Å². The summed E-state index contributed by atoms with van der Waals surface area (Å²) in [5.41, 5.74) is -0.420. The second-order valence-corrected chi connectivity index (χ2v) is 5.82. The van der Waals surface area contributed by atoms with Crippen LogP contribution in [0.15, 0.2) is 0 Å². The van der Waals surface area contributed by atoms with E-state index in [4.69, 9.17) is 4.74 Å². The van der Waals surface area contributed by atoms with Crippen LogP contribution in [0.3, 0.4) is 0 Å². The minimum absolute atomic E-state index is 0.0488. The molecule has 1 saturated carbocycles. The first-order valence-corrected chi connectivity index (χ1v) is 6.63. The highest BCUT2D eigenvalue weighted by Crippen LogP contribution is 2.30. The summed E-state index contributed by atoms with van der Waals surface area (Å²) in [6, 6.07) is 0. The number of rotatable bonds is 3. The molecule has 0 aromatic rings. The Labute approximate surface area is 98.6 Å². The maximum atomic E-state index is 10.4. The summed E-state index contributed by atoms with van der Waals surface area (Å²) in [5.74, 6) is 0. The van der Waals surface area contributed by atoms with Crippen LogP contribution in [0.25, 0.3) is 0 Å². The molecule has 1 aliphatic carbocycles. The summed E-state index contributed by atoms with van der Waals surface area (Å²) in [4.78, 5) is 0. The summed E-state index contributed by atoms with van der Waals surface area (Å²) in [5, 5.41) is 14.0. The molecular weight excluding hydrogens is 202 g/mol. The summed E-state index contributed by atoms with van der Waals surface area (Å²) < 4.78 is 5.60. The highest BCUT2D eigenvalue weighted by molar-refractivity contribution is 4.96. The van der Waals surface area contributed by atoms with E-state index in [2.05, 4.69) is 19.2 Å². The van der Waals surface area contributed by atoms with E-state index in [0.29, 0.717) is 0 Å². The molecule has 94 valence electrons. The summed E-state index contributed by atoms with van der Waals surface area (Å²) >= 11 is 0. The zero-order valence-corrected chi connectivity index (χ0v) is 10.6. The molecule has 16 heavy (non-hydrogen) atoms. The second-order valence-electron chi connectivity index (χ2n) is 5.82. The van der Waals surface area contributed by atoms with Gasteiger partial charge in [0.15, 0.2) is 0 Å². The average molecular weight is 227 g/mol. The number of nitrogens with one attached hydrogen (secondary N) is 1. The molecule has 0 spiro atoms.